The van der Waals surface area contributed by atoms with Gasteiger partial charge in [0.2, 0.25) is 0 Å². The molecule has 14 heavy (non-hydrogen) atoms. The third-order valence-electron chi connectivity index (χ3n) is 2.46. The molecule has 0 saturated carbocycles. The van der Waals surface area contributed by atoms with Crippen molar-refractivity contribution in [3.05, 3.63) is 6.42 Å². The molecule has 0 amide bonds. The molecule has 3 nitrogen and oxygen atoms in total. The molecule has 1 heterocycles. The summed E-state index contributed by atoms with van der Waals surface area (Å²) in [5.41, 5.74) is 0. The van der Waals surface area contributed by atoms with E-state index in [0.29, 0.717) is 13.0 Å². The van der Waals surface area contributed by atoms with Crippen LogP contribution in [0.5, 0.6) is 0 Å². The first-order chi connectivity index (χ1) is 6.83. The molecule has 3 heteroatoms. The molecule has 81 valence electrons. The molecule has 0 atom stereocenters. The molecule has 0 N–H and O–H groups in total. The number of hydrogen-bond acceptors (Lipinski definition) is 3. The zero-order valence-electron chi connectivity index (χ0n) is 9.00. The fourth-order valence-electron chi connectivity index (χ4n) is 1.71. The van der Waals surface area contributed by atoms with Crippen LogP contribution in [-0.2, 0) is 9.53 Å². The van der Waals surface area contributed by atoms with E-state index in [-0.39, 0.29) is 5.97 Å². The lowest BCUT2D eigenvalue weighted by Crippen LogP contribution is -2.31. The van der Waals surface area contributed by atoms with E-state index in [1.54, 1.807) is 0 Å². The summed E-state index contributed by atoms with van der Waals surface area (Å²) in [6, 6.07) is 0. The predicted molar refractivity (Wildman–Crippen MR) is 55.8 cm³/mol. The van der Waals surface area contributed by atoms with Gasteiger partial charge in [0.1, 0.15) is 0 Å². The molecular formula is C11H20NO2. The second kappa shape index (κ2) is 6.82. The Balaban J connectivity index is 1.99. The molecule has 0 bridgehead atoms. The van der Waals surface area contributed by atoms with E-state index < -0.39 is 0 Å². The van der Waals surface area contributed by atoms with E-state index in [4.69, 9.17) is 4.74 Å². The molecule has 1 aliphatic heterocycles. The molecule has 0 aromatic heterocycles. The second-order valence-corrected chi connectivity index (χ2v) is 3.62. The van der Waals surface area contributed by atoms with Crippen LogP contribution >= 0.6 is 0 Å². The van der Waals surface area contributed by atoms with Gasteiger partial charge in [0.15, 0.2) is 0 Å². The Hall–Kier alpha value is -0.570. The van der Waals surface area contributed by atoms with Crippen LogP contribution in [-0.4, -0.2) is 37.1 Å². The highest BCUT2D eigenvalue weighted by Crippen LogP contribution is 2.08. The van der Waals surface area contributed by atoms with Crippen LogP contribution in [0, 0.1) is 6.42 Å². The van der Waals surface area contributed by atoms with Crippen molar-refractivity contribution in [1.82, 2.24) is 4.90 Å². The van der Waals surface area contributed by atoms with Crippen LogP contribution in [0.4, 0.5) is 0 Å². The number of likely N-dealkylation sites (tertiary alicyclic amines) is 1. The summed E-state index contributed by atoms with van der Waals surface area (Å²) in [4.78, 5) is 13.5. The molecule has 0 aromatic carbocycles. The lowest BCUT2D eigenvalue weighted by molar-refractivity contribution is -0.143. The minimum atomic E-state index is -0.0592. The second-order valence-electron chi connectivity index (χ2n) is 3.62. The van der Waals surface area contributed by atoms with E-state index in [2.05, 4.69) is 11.3 Å². The Morgan fingerprint density at radius 1 is 1.43 bits per heavy atom. The van der Waals surface area contributed by atoms with Crippen LogP contribution in [0.15, 0.2) is 0 Å². The monoisotopic (exact) mass is 198 g/mol. The Morgan fingerprint density at radius 2 is 2.14 bits per heavy atom. The molecular weight excluding hydrogens is 178 g/mol. The summed E-state index contributed by atoms with van der Waals surface area (Å²) < 4.78 is 4.87. The van der Waals surface area contributed by atoms with Crippen LogP contribution in [0.1, 0.15) is 32.6 Å². The van der Waals surface area contributed by atoms with E-state index >= 15 is 0 Å². The molecule has 0 spiro atoms. The Kier molecular flexibility index (Phi) is 5.60. The van der Waals surface area contributed by atoms with Gasteiger partial charge in [-0.3, -0.25) is 4.79 Å². The lowest BCUT2D eigenvalue weighted by atomic mass is 10.1. The fraction of sp³-hybridized carbons (Fsp3) is 0.818. The van der Waals surface area contributed by atoms with Crippen molar-refractivity contribution in [3.8, 4) is 0 Å². The van der Waals surface area contributed by atoms with Gasteiger partial charge in [0.05, 0.1) is 6.61 Å². The summed E-state index contributed by atoms with van der Waals surface area (Å²) in [5.74, 6) is -0.0592. The number of carbonyl (C=O) groups excluding carboxylic acids is 1. The predicted octanol–water partition coefficient (Wildman–Crippen LogP) is 1.63. The first-order valence-electron chi connectivity index (χ1n) is 5.52. The zero-order valence-corrected chi connectivity index (χ0v) is 9.00. The quantitative estimate of drug-likeness (QED) is 0.629. The average Bonchev–Trinajstić information content (AvgIpc) is 2.20. The lowest BCUT2D eigenvalue weighted by Gasteiger charge is -2.25. The highest BCUT2D eigenvalue weighted by Gasteiger charge is 2.10. The molecule has 0 aromatic rings. The number of ether oxygens (including phenoxy) is 1. The van der Waals surface area contributed by atoms with E-state index in [1.807, 2.05) is 6.92 Å². The van der Waals surface area contributed by atoms with Crippen molar-refractivity contribution in [2.24, 2.45) is 0 Å². The van der Waals surface area contributed by atoms with Gasteiger partial charge in [-0.05, 0) is 52.2 Å². The van der Waals surface area contributed by atoms with E-state index in [1.165, 1.54) is 12.8 Å². The number of esters is 1. The molecule has 1 fully saturated rings. The Bertz CT molecular complexity index is 165. The van der Waals surface area contributed by atoms with Crippen molar-refractivity contribution in [1.29, 1.82) is 0 Å². The van der Waals surface area contributed by atoms with Gasteiger partial charge >= 0.3 is 5.97 Å². The van der Waals surface area contributed by atoms with Crippen molar-refractivity contribution in [2.75, 3.05) is 26.2 Å². The summed E-state index contributed by atoms with van der Waals surface area (Å²) in [6.45, 7) is 5.69. The SMILES string of the molecule is CCOC(=O)CCCN1CC[CH]CC1. The Labute approximate surface area is 86.4 Å². The molecule has 0 unspecified atom stereocenters. The normalized spacial score (nSPS) is 18.1. The largest absolute Gasteiger partial charge is 0.466 e. The van der Waals surface area contributed by atoms with Crippen LogP contribution < -0.4 is 0 Å². The van der Waals surface area contributed by atoms with Crippen molar-refractivity contribution < 1.29 is 9.53 Å². The third-order valence-corrected chi connectivity index (χ3v) is 2.46. The van der Waals surface area contributed by atoms with Gasteiger partial charge in [0, 0.05) is 6.42 Å². The summed E-state index contributed by atoms with van der Waals surface area (Å²) >= 11 is 0. The minimum Gasteiger partial charge on any atom is -0.466 e. The van der Waals surface area contributed by atoms with Gasteiger partial charge in [-0.25, -0.2) is 0 Å². The van der Waals surface area contributed by atoms with Crippen LogP contribution in [0.2, 0.25) is 0 Å². The molecule has 0 aliphatic carbocycles. The molecule has 1 saturated heterocycles. The summed E-state index contributed by atoms with van der Waals surface area (Å²) in [5, 5.41) is 0. The van der Waals surface area contributed by atoms with E-state index in [9.17, 15) is 4.79 Å². The van der Waals surface area contributed by atoms with Gasteiger partial charge in [0.25, 0.3) is 0 Å². The van der Waals surface area contributed by atoms with Gasteiger partial charge in [-0.2, -0.15) is 0 Å². The van der Waals surface area contributed by atoms with Crippen molar-refractivity contribution in [3.63, 3.8) is 0 Å². The number of rotatable bonds is 5. The summed E-state index contributed by atoms with van der Waals surface area (Å²) in [6.07, 6.45) is 6.22. The third kappa shape index (κ3) is 4.61. The maximum absolute atomic E-state index is 11.0. The van der Waals surface area contributed by atoms with Crippen LogP contribution in [0.25, 0.3) is 0 Å². The molecule has 1 radical (unpaired) electrons. The van der Waals surface area contributed by atoms with Crippen molar-refractivity contribution >= 4 is 5.97 Å². The first kappa shape index (κ1) is 11.5. The maximum atomic E-state index is 11.0. The fourth-order valence-corrected chi connectivity index (χ4v) is 1.71. The minimum absolute atomic E-state index is 0.0592. The van der Waals surface area contributed by atoms with Crippen LogP contribution in [0.3, 0.4) is 0 Å². The van der Waals surface area contributed by atoms with Gasteiger partial charge in [-0.15, -0.1) is 0 Å². The summed E-state index contributed by atoms with van der Waals surface area (Å²) in [7, 11) is 0. The average molecular weight is 198 g/mol. The first-order valence-corrected chi connectivity index (χ1v) is 5.52. The maximum Gasteiger partial charge on any atom is 0.305 e. The number of piperidine rings is 1. The van der Waals surface area contributed by atoms with E-state index in [0.717, 1.165) is 26.1 Å². The van der Waals surface area contributed by atoms with Gasteiger partial charge < -0.3 is 9.64 Å². The Morgan fingerprint density at radius 3 is 2.79 bits per heavy atom. The number of hydrogen-bond donors (Lipinski definition) is 0. The standard InChI is InChI=1S/C11H20NO2/c1-2-14-11(13)7-6-10-12-8-4-3-5-9-12/h3H,2,4-10H2,1H3. The number of carbonyl (C=O) groups is 1. The highest BCUT2D eigenvalue weighted by molar-refractivity contribution is 5.69. The molecule has 1 rings (SSSR count). The highest BCUT2D eigenvalue weighted by atomic mass is 16.5. The van der Waals surface area contributed by atoms with Crippen molar-refractivity contribution in [2.45, 2.75) is 32.6 Å². The topological polar surface area (TPSA) is 29.5 Å². The number of nitrogens with zero attached hydrogens (tertiary/aromatic N) is 1. The zero-order chi connectivity index (χ0) is 10.2. The van der Waals surface area contributed by atoms with Gasteiger partial charge in [-0.1, -0.05) is 0 Å². The molecule has 1 aliphatic rings. The smallest absolute Gasteiger partial charge is 0.305 e.